The lowest BCUT2D eigenvalue weighted by Crippen LogP contribution is -2.50. The zero-order chi connectivity index (χ0) is 15.0. The van der Waals surface area contributed by atoms with Crippen LogP contribution in [-0.2, 0) is 14.9 Å². The van der Waals surface area contributed by atoms with Crippen LogP contribution < -0.4 is 5.32 Å². The molecule has 0 amide bonds. The summed E-state index contributed by atoms with van der Waals surface area (Å²) in [6.07, 6.45) is 2.80. The Labute approximate surface area is 123 Å². The number of hydrogen-bond acceptors (Lipinski definition) is 4. The van der Waals surface area contributed by atoms with Gasteiger partial charge in [-0.1, -0.05) is 13.8 Å². The molecule has 7 heteroatoms. The number of hydrogen-bond donors (Lipinski definition) is 1. The lowest BCUT2D eigenvalue weighted by atomic mass is 10.2. The van der Waals surface area contributed by atoms with E-state index in [2.05, 4.69) is 12.2 Å². The molecule has 20 heavy (non-hydrogen) atoms. The van der Waals surface area contributed by atoms with Crippen LogP contribution in [-0.4, -0.2) is 69.5 Å². The summed E-state index contributed by atoms with van der Waals surface area (Å²) in [6, 6.07) is 0. The van der Waals surface area contributed by atoms with Gasteiger partial charge in [-0.3, -0.25) is 0 Å². The molecule has 1 heterocycles. The number of morpholine rings is 1. The van der Waals surface area contributed by atoms with E-state index in [1.165, 1.54) is 4.31 Å². The maximum atomic E-state index is 12.4. The fraction of sp³-hybridized carbons (Fsp3) is 1.00. The minimum absolute atomic E-state index is 0.0261. The maximum absolute atomic E-state index is 12.4. The fourth-order valence-electron chi connectivity index (χ4n) is 2.19. The van der Waals surface area contributed by atoms with E-state index < -0.39 is 10.2 Å². The number of rotatable bonds is 9. The molecule has 1 rings (SSSR count). The Bertz CT molecular complexity index is 362. The molecule has 1 unspecified atom stereocenters. The Hall–Kier alpha value is -0.210. The molecule has 1 aliphatic rings. The third-order valence-corrected chi connectivity index (χ3v) is 5.48. The predicted molar refractivity (Wildman–Crippen MR) is 80.9 cm³/mol. The molecule has 1 fully saturated rings. The van der Waals surface area contributed by atoms with Crippen LogP contribution >= 0.6 is 0 Å². The second kappa shape index (κ2) is 8.94. The first-order valence-corrected chi connectivity index (χ1v) is 8.95. The van der Waals surface area contributed by atoms with E-state index in [1.807, 2.05) is 6.92 Å². The molecule has 0 aromatic rings. The lowest BCUT2D eigenvalue weighted by molar-refractivity contribution is -0.00427. The molecular formula is C13H29N3O3S. The first-order valence-electron chi connectivity index (χ1n) is 7.56. The van der Waals surface area contributed by atoms with E-state index in [4.69, 9.17) is 4.74 Å². The number of nitrogens with one attached hydrogen (secondary N) is 1. The van der Waals surface area contributed by atoms with Gasteiger partial charge in [-0.2, -0.15) is 17.0 Å². The Morgan fingerprint density at radius 1 is 1.35 bits per heavy atom. The summed E-state index contributed by atoms with van der Waals surface area (Å²) >= 11 is 0. The second-order valence-electron chi connectivity index (χ2n) is 5.19. The third kappa shape index (κ3) is 5.29. The molecule has 120 valence electrons. The Kier molecular flexibility index (Phi) is 7.98. The van der Waals surface area contributed by atoms with E-state index in [0.29, 0.717) is 26.2 Å². The van der Waals surface area contributed by atoms with Crippen LogP contribution in [0.15, 0.2) is 0 Å². The summed E-state index contributed by atoms with van der Waals surface area (Å²) in [5, 5.41) is 3.28. The highest BCUT2D eigenvalue weighted by Crippen LogP contribution is 2.14. The highest BCUT2D eigenvalue weighted by molar-refractivity contribution is 7.86. The molecule has 0 saturated carbocycles. The van der Waals surface area contributed by atoms with Crippen molar-refractivity contribution >= 4 is 10.2 Å². The van der Waals surface area contributed by atoms with E-state index in [-0.39, 0.29) is 6.10 Å². The number of nitrogens with zero attached hydrogens (tertiary/aromatic N) is 2. The smallest absolute Gasteiger partial charge is 0.281 e. The average Bonchev–Trinajstić information content (AvgIpc) is 2.46. The van der Waals surface area contributed by atoms with Crippen molar-refractivity contribution in [2.45, 2.75) is 39.2 Å². The molecule has 0 radical (unpaired) electrons. The average molecular weight is 307 g/mol. The van der Waals surface area contributed by atoms with Crippen molar-refractivity contribution in [1.29, 1.82) is 0 Å². The fourth-order valence-corrected chi connectivity index (χ4v) is 3.60. The molecule has 6 nitrogen and oxygen atoms in total. The second-order valence-corrected chi connectivity index (χ2v) is 7.23. The van der Waals surface area contributed by atoms with Crippen LogP contribution in [0.5, 0.6) is 0 Å². The van der Waals surface area contributed by atoms with Crippen molar-refractivity contribution < 1.29 is 13.2 Å². The first kappa shape index (κ1) is 17.8. The van der Waals surface area contributed by atoms with Crippen molar-refractivity contribution in [3.8, 4) is 0 Å². The van der Waals surface area contributed by atoms with Gasteiger partial charge in [-0.25, -0.2) is 0 Å². The SMILES string of the molecule is CCCNCCCN(C)S(=O)(=O)N1CCOC(CC)C1. The van der Waals surface area contributed by atoms with Gasteiger partial charge in [0.1, 0.15) is 0 Å². The van der Waals surface area contributed by atoms with Crippen molar-refractivity contribution in [2.75, 3.05) is 46.4 Å². The summed E-state index contributed by atoms with van der Waals surface area (Å²) < 4.78 is 33.4. The van der Waals surface area contributed by atoms with Crippen molar-refractivity contribution in [3.05, 3.63) is 0 Å². The standard InChI is InChI=1S/C13H29N3O3S/c1-4-7-14-8-6-9-15(3)20(17,18)16-10-11-19-13(5-2)12-16/h13-14H,4-12H2,1-3H3. The van der Waals surface area contributed by atoms with E-state index in [0.717, 1.165) is 32.4 Å². The molecule has 1 atom stereocenters. The van der Waals surface area contributed by atoms with Crippen LogP contribution in [0.25, 0.3) is 0 Å². The van der Waals surface area contributed by atoms with E-state index in [1.54, 1.807) is 11.4 Å². The molecule has 0 aromatic heterocycles. The van der Waals surface area contributed by atoms with Gasteiger partial charge >= 0.3 is 0 Å². The molecule has 1 N–H and O–H groups in total. The summed E-state index contributed by atoms with van der Waals surface area (Å²) in [5.41, 5.74) is 0. The summed E-state index contributed by atoms with van der Waals surface area (Å²) in [5.74, 6) is 0. The summed E-state index contributed by atoms with van der Waals surface area (Å²) in [4.78, 5) is 0. The molecule has 0 spiro atoms. The van der Waals surface area contributed by atoms with Crippen LogP contribution in [0.2, 0.25) is 0 Å². The van der Waals surface area contributed by atoms with Gasteiger partial charge in [0.25, 0.3) is 10.2 Å². The maximum Gasteiger partial charge on any atom is 0.281 e. The third-order valence-electron chi connectivity index (χ3n) is 3.53. The summed E-state index contributed by atoms with van der Waals surface area (Å²) in [6.45, 7) is 7.94. The Morgan fingerprint density at radius 3 is 2.75 bits per heavy atom. The van der Waals surface area contributed by atoms with Gasteiger partial charge in [0.2, 0.25) is 0 Å². The van der Waals surface area contributed by atoms with E-state index >= 15 is 0 Å². The molecule has 1 saturated heterocycles. The van der Waals surface area contributed by atoms with Gasteiger partial charge < -0.3 is 10.1 Å². The van der Waals surface area contributed by atoms with Crippen LogP contribution in [0.4, 0.5) is 0 Å². The topological polar surface area (TPSA) is 61.9 Å². The normalized spacial score (nSPS) is 21.5. The summed E-state index contributed by atoms with van der Waals surface area (Å²) in [7, 11) is -1.68. The minimum Gasteiger partial charge on any atom is -0.375 e. The zero-order valence-electron chi connectivity index (χ0n) is 13.0. The van der Waals surface area contributed by atoms with Gasteiger partial charge in [-0.15, -0.1) is 0 Å². The molecule has 0 aromatic carbocycles. The van der Waals surface area contributed by atoms with Crippen LogP contribution in [0, 0.1) is 0 Å². The van der Waals surface area contributed by atoms with Gasteiger partial charge in [0.05, 0.1) is 12.7 Å². The number of ether oxygens (including phenoxy) is 1. The van der Waals surface area contributed by atoms with Crippen LogP contribution in [0.3, 0.4) is 0 Å². The van der Waals surface area contributed by atoms with Gasteiger partial charge in [0.15, 0.2) is 0 Å². The quantitative estimate of drug-likeness (QED) is 0.636. The van der Waals surface area contributed by atoms with Gasteiger partial charge in [-0.05, 0) is 32.4 Å². The minimum atomic E-state index is -3.34. The largest absolute Gasteiger partial charge is 0.375 e. The highest BCUT2D eigenvalue weighted by atomic mass is 32.2. The molecular weight excluding hydrogens is 278 g/mol. The molecule has 1 aliphatic heterocycles. The molecule has 0 aliphatic carbocycles. The van der Waals surface area contributed by atoms with Gasteiger partial charge in [0, 0.05) is 26.7 Å². The first-order chi connectivity index (χ1) is 9.52. The van der Waals surface area contributed by atoms with Crippen LogP contribution in [0.1, 0.15) is 33.1 Å². The Morgan fingerprint density at radius 2 is 2.10 bits per heavy atom. The van der Waals surface area contributed by atoms with Crippen molar-refractivity contribution in [3.63, 3.8) is 0 Å². The predicted octanol–water partition coefficient (Wildman–Crippen LogP) is 0.664. The van der Waals surface area contributed by atoms with E-state index in [9.17, 15) is 8.42 Å². The molecule has 0 bridgehead atoms. The zero-order valence-corrected chi connectivity index (χ0v) is 13.8. The van der Waals surface area contributed by atoms with Crippen molar-refractivity contribution in [1.82, 2.24) is 13.9 Å². The van der Waals surface area contributed by atoms with Crippen molar-refractivity contribution in [2.24, 2.45) is 0 Å². The highest BCUT2D eigenvalue weighted by Gasteiger charge is 2.31. The Balaban J connectivity index is 2.41. The monoisotopic (exact) mass is 307 g/mol. The lowest BCUT2D eigenvalue weighted by Gasteiger charge is -2.34.